The Kier molecular flexibility index (Phi) is 4.18. The summed E-state index contributed by atoms with van der Waals surface area (Å²) in [5.74, 6) is 0.589. The minimum Gasteiger partial charge on any atom is -0.448 e. The predicted molar refractivity (Wildman–Crippen MR) is 77.5 cm³/mol. The molecule has 0 saturated carbocycles. The van der Waals surface area contributed by atoms with Crippen molar-refractivity contribution in [3.05, 3.63) is 57.4 Å². The van der Waals surface area contributed by atoms with Gasteiger partial charge in [0.2, 0.25) is 5.75 Å². The number of ether oxygens (including phenoxy) is 1. The Morgan fingerprint density at radius 1 is 1.33 bits per heavy atom. The van der Waals surface area contributed by atoms with Gasteiger partial charge in [-0.15, -0.1) is 0 Å². The van der Waals surface area contributed by atoms with Crippen molar-refractivity contribution in [3.63, 3.8) is 0 Å². The highest BCUT2D eigenvalue weighted by Crippen LogP contribution is 2.35. The third-order valence-electron chi connectivity index (χ3n) is 3.00. The number of hydrogen-bond donors (Lipinski definition) is 1. The van der Waals surface area contributed by atoms with Crippen LogP contribution in [0.2, 0.25) is 0 Å². The fourth-order valence-corrected chi connectivity index (χ4v) is 2.02. The van der Waals surface area contributed by atoms with Gasteiger partial charge in [-0.25, -0.2) is 0 Å². The van der Waals surface area contributed by atoms with E-state index in [0.29, 0.717) is 17.0 Å². The largest absolute Gasteiger partial charge is 0.448 e. The van der Waals surface area contributed by atoms with Crippen molar-refractivity contribution in [2.24, 2.45) is 0 Å². The third kappa shape index (κ3) is 3.35. The smallest absolute Gasteiger partial charge is 0.312 e. The monoisotopic (exact) mass is 288 g/mol. The van der Waals surface area contributed by atoms with Crippen LogP contribution in [0.1, 0.15) is 29.8 Å². The molecule has 6 nitrogen and oxygen atoms in total. The molecule has 0 fully saturated rings. The number of aliphatic hydroxyl groups excluding tert-OH is 1. The fourth-order valence-electron chi connectivity index (χ4n) is 2.02. The molecule has 110 valence electrons. The topological polar surface area (TPSA) is 85.5 Å². The lowest BCUT2D eigenvalue weighted by Crippen LogP contribution is -1.98. The molecule has 0 aliphatic rings. The van der Waals surface area contributed by atoms with Crippen LogP contribution in [0.3, 0.4) is 0 Å². The second-order valence-electron chi connectivity index (χ2n) is 4.88. The van der Waals surface area contributed by atoms with E-state index in [-0.39, 0.29) is 11.4 Å². The molecule has 2 aromatic rings. The second kappa shape index (κ2) is 5.88. The molecular formula is C15H16N2O4. The molecule has 1 heterocycles. The first-order valence-electron chi connectivity index (χ1n) is 6.46. The Bertz CT molecular complexity index is 666. The molecule has 0 aliphatic heterocycles. The van der Waals surface area contributed by atoms with Gasteiger partial charge in [-0.1, -0.05) is 6.07 Å². The Labute approximate surface area is 122 Å². The van der Waals surface area contributed by atoms with Crippen LogP contribution in [0.5, 0.6) is 11.5 Å². The molecule has 0 amide bonds. The minimum absolute atomic E-state index is 0.0768. The lowest BCUT2D eigenvalue weighted by molar-refractivity contribution is -0.385. The number of aromatic nitrogens is 1. The van der Waals surface area contributed by atoms with Gasteiger partial charge in [-0.05, 0) is 44.0 Å². The summed E-state index contributed by atoms with van der Waals surface area (Å²) in [4.78, 5) is 14.7. The Morgan fingerprint density at radius 2 is 2.05 bits per heavy atom. The van der Waals surface area contributed by atoms with Crippen molar-refractivity contribution < 1.29 is 14.8 Å². The summed E-state index contributed by atoms with van der Waals surface area (Å²) in [6, 6.07) is 6.54. The molecule has 1 unspecified atom stereocenters. The number of hydrogen-bond acceptors (Lipinski definition) is 5. The van der Waals surface area contributed by atoms with Crippen LogP contribution in [0.15, 0.2) is 30.5 Å². The van der Waals surface area contributed by atoms with Crippen molar-refractivity contribution in [2.45, 2.75) is 26.9 Å². The summed E-state index contributed by atoms with van der Waals surface area (Å²) in [5, 5.41) is 20.5. The number of rotatable bonds is 4. The summed E-state index contributed by atoms with van der Waals surface area (Å²) >= 11 is 0. The quantitative estimate of drug-likeness (QED) is 0.688. The van der Waals surface area contributed by atoms with E-state index < -0.39 is 11.0 Å². The van der Waals surface area contributed by atoms with Gasteiger partial charge >= 0.3 is 5.69 Å². The highest BCUT2D eigenvalue weighted by molar-refractivity contribution is 5.55. The van der Waals surface area contributed by atoms with Crippen LogP contribution in [-0.4, -0.2) is 15.0 Å². The molecule has 1 atom stereocenters. The van der Waals surface area contributed by atoms with Crippen LogP contribution in [0.25, 0.3) is 0 Å². The molecule has 0 bridgehead atoms. The van der Waals surface area contributed by atoms with E-state index in [1.54, 1.807) is 32.9 Å². The average Bonchev–Trinajstić information content (AvgIpc) is 2.41. The third-order valence-corrected chi connectivity index (χ3v) is 3.00. The van der Waals surface area contributed by atoms with Crippen LogP contribution in [-0.2, 0) is 0 Å². The highest BCUT2D eigenvalue weighted by Gasteiger charge is 2.19. The Morgan fingerprint density at radius 3 is 2.57 bits per heavy atom. The van der Waals surface area contributed by atoms with Gasteiger partial charge < -0.3 is 9.84 Å². The lowest BCUT2D eigenvalue weighted by atomic mass is 10.1. The molecular weight excluding hydrogens is 272 g/mol. The maximum absolute atomic E-state index is 11.1. The van der Waals surface area contributed by atoms with Gasteiger partial charge in [0, 0.05) is 6.07 Å². The molecule has 1 aromatic carbocycles. The second-order valence-corrected chi connectivity index (χ2v) is 4.88. The zero-order valence-electron chi connectivity index (χ0n) is 12.0. The Balaban J connectivity index is 2.37. The van der Waals surface area contributed by atoms with E-state index in [2.05, 4.69) is 4.98 Å². The fraction of sp³-hybridized carbons (Fsp3) is 0.267. The molecule has 0 radical (unpaired) electrons. The first-order valence-corrected chi connectivity index (χ1v) is 6.46. The average molecular weight is 288 g/mol. The number of pyridine rings is 1. The number of nitro groups is 1. The summed E-state index contributed by atoms with van der Waals surface area (Å²) in [7, 11) is 0. The lowest BCUT2D eigenvalue weighted by Gasteiger charge is -2.10. The summed E-state index contributed by atoms with van der Waals surface area (Å²) in [5.41, 5.74) is 1.92. The van der Waals surface area contributed by atoms with Crippen molar-refractivity contribution >= 4 is 5.69 Å². The van der Waals surface area contributed by atoms with Gasteiger partial charge in [0.15, 0.2) is 0 Å². The zero-order valence-corrected chi connectivity index (χ0v) is 12.0. The molecule has 6 heteroatoms. The Hall–Kier alpha value is -2.47. The van der Waals surface area contributed by atoms with Gasteiger partial charge in [0.05, 0.1) is 22.9 Å². The standard InChI is InChI=1S/C15H16N2O4/c1-9-6-10(2)15(14(7-9)17(19)20)21-12-4-5-13(11(3)18)16-8-12/h4-8,11,18H,1-3H3. The normalized spacial score (nSPS) is 12.0. The summed E-state index contributed by atoms with van der Waals surface area (Å²) in [6.07, 6.45) is 0.764. The van der Waals surface area contributed by atoms with E-state index in [1.165, 1.54) is 12.3 Å². The molecule has 2 rings (SSSR count). The molecule has 0 saturated heterocycles. The molecule has 1 aromatic heterocycles. The predicted octanol–water partition coefficient (Wildman–Crippen LogP) is 3.45. The number of benzene rings is 1. The van der Waals surface area contributed by atoms with Gasteiger partial charge in [0.1, 0.15) is 5.75 Å². The first-order chi connectivity index (χ1) is 9.88. The van der Waals surface area contributed by atoms with Crippen molar-refractivity contribution in [1.29, 1.82) is 0 Å². The van der Waals surface area contributed by atoms with Crippen molar-refractivity contribution in [3.8, 4) is 11.5 Å². The molecule has 1 N–H and O–H groups in total. The van der Waals surface area contributed by atoms with Crippen LogP contribution in [0.4, 0.5) is 5.69 Å². The van der Waals surface area contributed by atoms with E-state index >= 15 is 0 Å². The van der Waals surface area contributed by atoms with E-state index in [1.807, 2.05) is 6.07 Å². The summed E-state index contributed by atoms with van der Waals surface area (Å²) in [6.45, 7) is 5.16. The maximum atomic E-state index is 11.1. The van der Waals surface area contributed by atoms with Gasteiger partial charge in [0.25, 0.3) is 0 Å². The van der Waals surface area contributed by atoms with Crippen molar-refractivity contribution in [2.75, 3.05) is 0 Å². The number of aryl methyl sites for hydroxylation is 2. The number of nitro benzene ring substituents is 1. The maximum Gasteiger partial charge on any atom is 0.312 e. The summed E-state index contributed by atoms with van der Waals surface area (Å²) < 4.78 is 5.61. The highest BCUT2D eigenvalue weighted by atomic mass is 16.6. The minimum atomic E-state index is -0.672. The number of nitrogens with zero attached hydrogens (tertiary/aromatic N) is 2. The van der Waals surface area contributed by atoms with E-state index in [9.17, 15) is 15.2 Å². The number of aliphatic hydroxyl groups is 1. The van der Waals surface area contributed by atoms with Crippen molar-refractivity contribution in [1.82, 2.24) is 4.98 Å². The molecule has 21 heavy (non-hydrogen) atoms. The SMILES string of the molecule is Cc1cc(C)c(Oc2ccc(C(C)O)nc2)c([N+](=O)[O-])c1. The van der Waals surface area contributed by atoms with Gasteiger partial charge in [-0.3, -0.25) is 15.1 Å². The zero-order chi connectivity index (χ0) is 15.6. The molecule has 0 aliphatic carbocycles. The van der Waals surface area contributed by atoms with Crippen LogP contribution in [0, 0.1) is 24.0 Å². The van der Waals surface area contributed by atoms with E-state index in [0.717, 1.165) is 5.56 Å². The first kappa shape index (κ1) is 14.9. The van der Waals surface area contributed by atoms with E-state index in [4.69, 9.17) is 4.74 Å². The van der Waals surface area contributed by atoms with Gasteiger partial charge in [-0.2, -0.15) is 0 Å². The van der Waals surface area contributed by atoms with Crippen LogP contribution >= 0.6 is 0 Å². The van der Waals surface area contributed by atoms with Crippen LogP contribution < -0.4 is 4.74 Å². The molecule has 0 spiro atoms.